The maximum Gasteiger partial charge on any atom is 0.257 e. The summed E-state index contributed by atoms with van der Waals surface area (Å²) in [7, 11) is 3.91. The second-order valence-corrected chi connectivity index (χ2v) is 4.49. The van der Waals surface area contributed by atoms with Crippen LogP contribution in [0.15, 0.2) is 48.5 Å². The number of benzene rings is 2. The highest BCUT2D eigenvalue weighted by Crippen LogP contribution is 2.19. The van der Waals surface area contributed by atoms with Crippen LogP contribution < -0.4 is 16.0 Å². The molecule has 19 heavy (non-hydrogen) atoms. The maximum atomic E-state index is 12.1. The van der Waals surface area contributed by atoms with Crippen LogP contribution in [0.3, 0.4) is 0 Å². The standard InChI is InChI=1S/C15H17N3O/c1-18(2)12-7-5-6-11(10-12)17-15(19)13-8-3-4-9-14(13)16/h3-10H,16H2,1-2H3,(H,17,19). The van der Waals surface area contributed by atoms with Crippen LogP contribution in [0.5, 0.6) is 0 Å². The number of carbonyl (C=O) groups excluding carboxylic acids is 1. The molecule has 0 aliphatic rings. The Hall–Kier alpha value is -2.49. The molecular weight excluding hydrogens is 238 g/mol. The lowest BCUT2D eigenvalue weighted by Gasteiger charge is -2.14. The Morgan fingerprint density at radius 2 is 1.84 bits per heavy atom. The molecule has 0 fully saturated rings. The monoisotopic (exact) mass is 255 g/mol. The molecule has 2 aromatic rings. The Morgan fingerprint density at radius 3 is 2.53 bits per heavy atom. The van der Waals surface area contributed by atoms with Crippen LogP contribution in [0.25, 0.3) is 0 Å². The van der Waals surface area contributed by atoms with Crippen molar-refractivity contribution in [2.45, 2.75) is 0 Å². The van der Waals surface area contributed by atoms with Crippen LogP contribution in [-0.2, 0) is 0 Å². The third-order valence-corrected chi connectivity index (χ3v) is 2.83. The molecule has 2 rings (SSSR count). The topological polar surface area (TPSA) is 58.4 Å². The first kappa shape index (κ1) is 13.0. The predicted octanol–water partition coefficient (Wildman–Crippen LogP) is 2.59. The van der Waals surface area contributed by atoms with Crippen molar-refractivity contribution in [1.82, 2.24) is 0 Å². The van der Waals surface area contributed by atoms with Crippen LogP contribution in [-0.4, -0.2) is 20.0 Å². The third-order valence-electron chi connectivity index (χ3n) is 2.83. The number of hydrogen-bond donors (Lipinski definition) is 2. The minimum Gasteiger partial charge on any atom is -0.398 e. The van der Waals surface area contributed by atoms with Crippen molar-refractivity contribution < 1.29 is 4.79 Å². The predicted molar refractivity (Wildman–Crippen MR) is 79.6 cm³/mol. The van der Waals surface area contributed by atoms with Crippen molar-refractivity contribution in [2.24, 2.45) is 0 Å². The van der Waals surface area contributed by atoms with Gasteiger partial charge in [0.1, 0.15) is 0 Å². The minimum atomic E-state index is -0.200. The average Bonchev–Trinajstić information content (AvgIpc) is 2.39. The van der Waals surface area contributed by atoms with Crippen LogP contribution >= 0.6 is 0 Å². The van der Waals surface area contributed by atoms with Crippen LogP contribution in [0.1, 0.15) is 10.4 Å². The highest BCUT2D eigenvalue weighted by atomic mass is 16.1. The lowest BCUT2D eigenvalue weighted by atomic mass is 10.1. The van der Waals surface area contributed by atoms with Crippen LogP contribution in [0.4, 0.5) is 17.1 Å². The van der Waals surface area contributed by atoms with E-state index in [1.54, 1.807) is 24.3 Å². The van der Waals surface area contributed by atoms with Gasteiger partial charge in [0, 0.05) is 31.2 Å². The Kier molecular flexibility index (Phi) is 3.71. The molecule has 0 saturated heterocycles. The quantitative estimate of drug-likeness (QED) is 0.829. The van der Waals surface area contributed by atoms with E-state index in [0.717, 1.165) is 11.4 Å². The molecule has 0 radical (unpaired) electrons. The first-order valence-electron chi connectivity index (χ1n) is 6.01. The highest BCUT2D eigenvalue weighted by molar-refractivity contribution is 6.07. The largest absolute Gasteiger partial charge is 0.398 e. The van der Waals surface area contributed by atoms with E-state index >= 15 is 0 Å². The molecule has 2 aromatic carbocycles. The molecule has 98 valence electrons. The fraction of sp³-hybridized carbons (Fsp3) is 0.133. The van der Waals surface area contributed by atoms with E-state index in [1.165, 1.54) is 0 Å². The Bertz CT molecular complexity index is 593. The van der Waals surface area contributed by atoms with Gasteiger partial charge in [-0.05, 0) is 30.3 Å². The highest BCUT2D eigenvalue weighted by Gasteiger charge is 2.09. The summed E-state index contributed by atoms with van der Waals surface area (Å²) in [5, 5.41) is 2.85. The first-order chi connectivity index (χ1) is 9.08. The number of carbonyl (C=O) groups is 1. The molecule has 0 aromatic heterocycles. The van der Waals surface area contributed by atoms with Gasteiger partial charge in [-0.25, -0.2) is 0 Å². The Balaban J connectivity index is 2.20. The van der Waals surface area contributed by atoms with E-state index in [1.807, 2.05) is 43.3 Å². The SMILES string of the molecule is CN(C)c1cccc(NC(=O)c2ccccc2N)c1. The van der Waals surface area contributed by atoms with Crippen molar-refractivity contribution in [3.63, 3.8) is 0 Å². The van der Waals surface area contributed by atoms with Gasteiger partial charge in [-0.3, -0.25) is 4.79 Å². The number of para-hydroxylation sites is 1. The van der Waals surface area contributed by atoms with Crippen molar-refractivity contribution in [3.05, 3.63) is 54.1 Å². The van der Waals surface area contributed by atoms with Crippen molar-refractivity contribution >= 4 is 23.0 Å². The summed E-state index contributed by atoms with van der Waals surface area (Å²) < 4.78 is 0. The molecule has 3 N–H and O–H groups in total. The average molecular weight is 255 g/mol. The number of hydrogen-bond acceptors (Lipinski definition) is 3. The zero-order chi connectivity index (χ0) is 13.8. The zero-order valence-electron chi connectivity index (χ0n) is 11.1. The normalized spacial score (nSPS) is 10.0. The van der Waals surface area contributed by atoms with Crippen LogP contribution in [0, 0.1) is 0 Å². The molecule has 0 aliphatic heterocycles. The molecule has 0 heterocycles. The molecule has 0 atom stereocenters. The number of nitrogens with two attached hydrogens (primary N) is 1. The summed E-state index contributed by atoms with van der Waals surface area (Å²) in [5.74, 6) is -0.200. The van der Waals surface area contributed by atoms with Crippen molar-refractivity contribution in [3.8, 4) is 0 Å². The molecule has 0 saturated carbocycles. The van der Waals surface area contributed by atoms with Gasteiger partial charge in [-0.2, -0.15) is 0 Å². The maximum absolute atomic E-state index is 12.1. The second kappa shape index (κ2) is 5.44. The first-order valence-corrected chi connectivity index (χ1v) is 6.01. The van der Waals surface area contributed by atoms with Gasteiger partial charge < -0.3 is 16.0 Å². The van der Waals surface area contributed by atoms with E-state index in [2.05, 4.69) is 5.32 Å². The molecule has 0 aliphatic carbocycles. The lowest BCUT2D eigenvalue weighted by molar-refractivity contribution is 0.102. The smallest absolute Gasteiger partial charge is 0.257 e. The van der Waals surface area contributed by atoms with Crippen molar-refractivity contribution in [1.29, 1.82) is 0 Å². The minimum absolute atomic E-state index is 0.200. The summed E-state index contributed by atoms with van der Waals surface area (Å²) in [6, 6.07) is 14.7. The Labute approximate surface area is 112 Å². The number of nitrogens with one attached hydrogen (secondary N) is 1. The number of nitrogens with zero attached hydrogens (tertiary/aromatic N) is 1. The van der Waals surface area contributed by atoms with Gasteiger partial charge in [0.05, 0.1) is 5.56 Å². The summed E-state index contributed by atoms with van der Waals surface area (Å²) >= 11 is 0. The molecule has 4 nitrogen and oxygen atoms in total. The number of rotatable bonds is 3. The molecule has 1 amide bonds. The number of nitrogen functional groups attached to an aromatic ring is 1. The van der Waals surface area contributed by atoms with E-state index in [0.29, 0.717) is 11.3 Å². The van der Waals surface area contributed by atoms with Gasteiger partial charge >= 0.3 is 0 Å². The molecule has 4 heteroatoms. The molecular formula is C15H17N3O. The van der Waals surface area contributed by atoms with Crippen LogP contribution in [0.2, 0.25) is 0 Å². The summed E-state index contributed by atoms with van der Waals surface area (Å²) in [5.41, 5.74) is 8.52. The second-order valence-electron chi connectivity index (χ2n) is 4.49. The van der Waals surface area contributed by atoms with Gasteiger partial charge in [-0.1, -0.05) is 18.2 Å². The number of anilines is 3. The zero-order valence-corrected chi connectivity index (χ0v) is 11.1. The van der Waals surface area contributed by atoms with Gasteiger partial charge in [-0.15, -0.1) is 0 Å². The van der Waals surface area contributed by atoms with Gasteiger partial charge in [0.15, 0.2) is 0 Å². The fourth-order valence-electron chi connectivity index (χ4n) is 1.76. The van der Waals surface area contributed by atoms with Crippen molar-refractivity contribution in [2.75, 3.05) is 30.0 Å². The molecule has 0 bridgehead atoms. The van der Waals surface area contributed by atoms with E-state index in [9.17, 15) is 4.79 Å². The molecule has 0 spiro atoms. The number of amides is 1. The Morgan fingerprint density at radius 1 is 1.11 bits per heavy atom. The summed E-state index contributed by atoms with van der Waals surface area (Å²) in [6.07, 6.45) is 0. The lowest BCUT2D eigenvalue weighted by Crippen LogP contribution is -2.14. The van der Waals surface area contributed by atoms with E-state index in [4.69, 9.17) is 5.73 Å². The van der Waals surface area contributed by atoms with E-state index in [-0.39, 0.29) is 5.91 Å². The van der Waals surface area contributed by atoms with Gasteiger partial charge in [0.2, 0.25) is 0 Å². The summed E-state index contributed by atoms with van der Waals surface area (Å²) in [6.45, 7) is 0. The van der Waals surface area contributed by atoms with Gasteiger partial charge in [0.25, 0.3) is 5.91 Å². The fourth-order valence-corrected chi connectivity index (χ4v) is 1.76. The summed E-state index contributed by atoms with van der Waals surface area (Å²) in [4.78, 5) is 14.1. The van der Waals surface area contributed by atoms with E-state index < -0.39 is 0 Å². The third kappa shape index (κ3) is 3.04. The molecule has 0 unspecified atom stereocenters.